The molecule has 3 N–H and O–H groups in total. The third-order valence-electron chi connectivity index (χ3n) is 4.36. The summed E-state index contributed by atoms with van der Waals surface area (Å²) in [5.41, 5.74) is 4.56. The summed E-state index contributed by atoms with van der Waals surface area (Å²) in [5, 5.41) is 14.3. The molecule has 8 heteroatoms. The molecule has 0 aliphatic rings. The molecule has 2 amide bonds. The second-order valence-electron chi connectivity index (χ2n) is 6.51. The van der Waals surface area contributed by atoms with Crippen molar-refractivity contribution in [3.05, 3.63) is 67.0 Å². The average Bonchev–Trinajstić information content (AvgIpc) is 2.79. The standard InChI is InChI=1S/C22H20N6O2/c29-13-5-12-25-22(30)26-15-8-9-16-19(14-15)28-21(18-7-2-4-11-24-18)20(27-16)17-6-1-3-10-23-17/h1-4,6-11,14,29H,5,12-13H2,(H2,25,26,30). The molecule has 0 unspecified atom stereocenters. The first kappa shape index (κ1) is 19.4. The Morgan fingerprint density at radius 3 is 2.13 bits per heavy atom. The Balaban J connectivity index is 1.73. The molecule has 0 radical (unpaired) electrons. The largest absolute Gasteiger partial charge is 0.396 e. The van der Waals surface area contributed by atoms with Crippen LogP contribution in [0.25, 0.3) is 33.8 Å². The van der Waals surface area contributed by atoms with E-state index >= 15 is 0 Å². The number of aliphatic hydroxyl groups excluding tert-OH is 1. The number of carbonyl (C=O) groups excluding carboxylic acids is 1. The molecule has 0 aliphatic heterocycles. The second kappa shape index (κ2) is 9.06. The lowest BCUT2D eigenvalue weighted by atomic mass is 10.1. The third-order valence-corrected chi connectivity index (χ3v) is 4.36. The Bertz CT molecular complexity index is 1150. The van der Waals surface area contributed by atoms with Crippen LogP contribution in [0.15, 0.2) is 67.0 Å². The van der Waals surface area contributed by atoms with Gasteiger partial charge in [-0.3, -0.25) is 9.97 Å². The fraction of sp³-hybridized carbons (Fsp3) is 0.136. The van der Waals surface area contributed by atoms with E-state index in [1.165, 1.54) is 0 Å². The van der Waals surface area contributed by atoms with E-state index in [-0.39, 0.29) is 12.6 Å². The molecule has 150 valence electrons. The van der Waals surface area contributed by atoms with Gasteiger partial charge in [-0.05, 0) is 48.9 Å². The molecule has 0 saturated heterocycles. The molecule has 0 fully saturated rings. The van der Waals surface area contributed by atoms with Crippen LogP contribution in [0.2, 0.25) is 0 Å². The zero-order valence-electron chi connectivity index (χ0n) is 16.1. The van der Waals surface area contributed by atoms with Crippen molar-refractivity contribution in [1.29, 1.82) is 0 Å². The van der Waals surface area contributed by atoms with Gasteiger partial charge in [0.25, 0.3) is 0 Å². The Labute approximate surface area is 173 Å². The lowest BCUT2D eigenvalue weighted by molar-refractivity contribution is 0.249. The minimum Gasteiger partial charge on any atom is -0.396 e. The van der Waals surface area contributed by atoms with E-state index in [0.717, 1.165) is 0 Å². The monoisotopic (exact) mass is 400 g/mol. The molecular formula is C22H20N6O2. The minimum atomic E-state index is -0.342. The van der Waals surface area contributed by atoms with Crippen LogP contribution in [0, 0.1) is 0 Å². The van der Waals surface area contributed by atoms with Crippen LogP contribution in [-0.4, -0.2) is 44.2 Å². The number of nitrogens with one attached hydrogen (secondary N) is 2. The fourth-order valence-corrected chi connectivity index (χ4v) is 2.95. The summed E-state index contributed by atoms with van der Waals surface area (Å²) in [5.74, 6) is 0. The van der Waals surface area contributed by atoms with Gasteiger partial charge in [0.05, 0.1) is 22.4 Å². The van der Waals surface area contributed by atoms with Gasteiger partial charge in [-0.25, -0.2) is 14.8 Å². The topological polar surface area (TPSA) is 113 Å². The van der Waals surface area contributed by atoms with Crippen molar-refractivity contribution in [3.8, 4) is 22.8 Å². The molecule has 4 aromatic rings. The van der Waals surface area contributed by atoms with Gasteiger partial charge in [0, 0.05) is 31.2 Å². The number of hydrogen-bond acceptors (Lipinski definition) is 6. The van der Waals surface area contributed by atoms with E-state index in [4.69, 9.17) is 15.1 Å². The molecule has 3 aromatic heterocycles. The maximum Gasteiger partial charge on any atom is 0.319 e. The SMILES string of the molecule is O=C(NCCCO)Nc1ccc2nc(-c3ccccn3)c(-c3ccccn3)nc2c1. The van der Waals surface area contributed by atoms with Crippen molar-refractivity contribution in [2.45, 2.75) is 6.42 Å². The maximum absolute atomic E-state index is 12.0. The molecule has 0 spiro atoms. The molecule has 0 bridgehead atoms. The normalized spacial score (nSPS) is 10.7. The number of hydrogen-bond donors (Lipinski definition) is 3. The molecule has 1 aromatic carbocycles. The first-order chi connectivity index (χ1) is 14.7. The van der Waals surface area contributed by atoms with Crippen molar-refractivity contribution >= 4 is 22.8 Å². The zero-order chi connectivity index (χ0) is 20.8. The van der Waals surface area contributed by atoms with Crippen molar-refractivity contribution in [2.75, 3.05) is 18.5 Å². The van der Waals surface area contributed by atoms with Gasteiger partial charge in [-0.1, -0.05) is 12.1 Å². The van der Waals surface area contributed by atoms with Crippen LogP contribution in [0.5, 0.6) is 0 Å². The molecule has 0 aliphatic carbocycles. The number of aliphatic hydroxyl groups is 1. The molecule has 3 heterocycles. The summed E-state index contributed by atoms with van der Waals surface area (Å²) in [7, 11) is 0. The van der Waals surface area contributed by atoms with Gasteiger partial charge in [-0.2, -0.15) is 0 Å². The van der Waals surface area contributed by atoms with Crippen molar-refractivity contribution in [1.82, 2.24) is 25.3 Å². The molecule has 0 atom stereocenters. The summed E-state index contributed by atoms with van der Waals surface area (Å²) < 4.78 is 0. The molecule has 8 nitrogen and oxygen atoms in total. The lowest BCUT2D eigenvalue weighted by Crippen LogP contribution is -2.29. The average molecular weight is 400 g/mol. The van der Waals surface area contributed by atoms with Gasteiger partial charge in [0.1, 0.15) is 11.4 Å². The molecule has 4 rings (SSSR count). The van der Waals surface area contributed by atoms with E-state index in [9.17, 15) is 4.79 Å². The Morgan fingerprint density at radius 2 is 1.53 bits per heavy atom. The van der Waals surface area contributed by atoms with Gasteiger partial charge >= 0.3 is 6.03 Å². The summed E-state index contributed by atoms with van der Waals surface area (Å²) in [6.07, 6.45) is 3.92. The van der Waals surface area contributed by atoms with Crippen molar-refractivity contribution < 1.29 is 9.90 Å². The van der Waals surface area contributed by atoms with E-state index in [1.54, 1.807) is 30.6 Å². The highest BCUT2D eigenvalue weighted by atomic mass is 16.3. The van der Waals surface area contributed by atoms with Crippen molar-refractivity contribution in [3.63, 3.8) is 0 Å². The number of nitrogens with zero attached hydrogens (tertiary/aromatic N) is 4. The third kappa shape index (κ3) is 4.39. The zero-order valence-corrected chi connectivity index (χ0v) is 16.1. The first-order valence-electron chi connectivity index (χ1n) is 9.55. The second-order valence-corrected chi connectivity index (χ2v) is 6.51. The highest BCUT2D eigenvalue weighted by Crippen LogP contribution is 2.29. The first-order valence-corrected chi connectivity index (χ1v) is 9.55. The molecular weight excluding hydrogens is 380 g/mol. The van der Waals surface area contributed by atoms with Crippen LogP contribution in [0.3, 0.4) is 0 Å². The summed E-state index contributed by atoms with van der Waals surface area (Å²) >= 11 is 0. The van der Waals surface area contributed by atoms with E-state index in [0.29, 0.717) is 52.5 Å². The van der Waals surface area contributed by atoms with Crippen LogP contribution in [0.1, 0.15) is 6.42 Å². The number of urea groups is 1. The Morgan fingerprint density at radius 1 is 0.867 bits per heavy atom. The van der Waals surface area contributed by atoms with E-state index in [1.807, 2.05) is 36.4 Å². The summed E-state index contributed by atoms with van der Waals surface area (Å²) in [6, 6.07) is 16.2. The van der Waals surface area contributed by atoms with Crippen LogP contribution >= 0.6 is 0 Å². The Hall–Kier alpha value is -3.91. The number of pyridine rings is 2. The number of amides is 2. The Kier molecular flexibility index (Phi) is 5.86. The van der Waals surface area contributed by atoms with Gasteiger partial charge < -0.3 is 15.7 Å². The van der Waals surface area contributed by atoms with Crippen LogP contribution in [-0.2, 0) is 0 Å². The highest BCUT2D eigenvalue weighted by molar-refractivity contribution is 5.93. The number of benzene rings is 1. The van der Waals surface area contributed by atoms with Gasteiger partial charge in [0.15, 0.2) is 0 Å². The fourth-order valence-electron chi connectivity index (χ4n) is 2.95. The smallest absolute Gasteiger partial charge is 0.319 e. The maximum atomic E-state index is 12.0. The summed E-state index contributed by atoms with van der Waals surface area (Å²) in [6.45, 7) is 0.424. The number of carbonyl (C=O) groups is 1. The van der Waals surface area contributed by atoms with Gasteiger partial charge in [-0.15, -0.1) is 0 Å². The van der Waals surface area contributed by atoms with E-state index < -0.39 is 0 Å². The number of anilines is 1. The quantitative estimate of drug-likeness (QED) is 0.428. The predicted molar refractivity (Wildman–Crippen MR) is 115 cm³/mol. The van der Waals surface area contributed by atoms with Crippen LogP contribution < -0.4 is 10.6 Å². The highest BCUT2D eigenvalue weighted by Gasteiger charge is 2.15. The number of rotatable bonds is 6. The molecule has 0 saturated carbocycles. The van der Waals surface area contributed by atoms with Crippen LogP contribution in [0.4, 0.5) is 10.5 Å². The van der Waals surface area contributed by atoms with Gasteiger partial charge in [0.2, 0.25) is 0 Å². The minimum absolute atomic E-state index is 0.0285. The number of fused-ring (bicyclic) bond motifs is 1. The van der Waals surface area contributed by atoms with E-state index in [2.05, 4.69) is 20.6 Å². The van der Waals surface area contributed by atoms with Crippen molar-refractivity contribution in [2.24, 2.45) is 0 Å². The predicted octanol–water partition coefficient (Wildman–Crippen LogP) is 3.26. The summed E-state index contributed by atoms with van der Waals surface area (Å²) in [4.78, 5) is 30.4. The lowest BCUT2D eigenvalue weighted by Gasteiger charge is -2.11. The number of aromatic nitrogens is 4. The molecule has 30 heavy (non-hydrogen) atoms.